The Morgan fingerprint density at radius 3 is 1.94 bits per heavy atom. The highest BCUT2D eigenvalue weighted by atomic mass is 32.2. The molecule has 1 atom stereocenters. The van der Waals surface area contributed by atoms with Crippen LogP contribution in [0.1, 0.15) is 29.2 Å². The van der Waals surface area contributed by atoms with Crippen LogP contribution in [0.5, 0.6) is 5.75 Å². The zero-order chi connectivity index (χ0) is 24.9. The second-order valence-electron chi connectivity index (χ2n) is 8.76. The number of aryl methyl sites for hydroxylation is 4. The van der Waals surface area contributed by atoms with Crippen LogP contribution in [-0.2, 0) is 14.8 Å². The standard InChI is InChI=1S/C27H32N2O4S/c1-19-6-10-25(11-7-19)33-18-23(5)28-27(30)17-29(24-15-21(3)14-22(4)16-24)34(31,32)26-12-8-20(2)9-13-26/h6-16,23H,17-18H2,1-5H3,(H,28,30). The van der Waals surface area contributed by atoms with E-state index < -0.39 is 15.9 Å². The van der Waals surface area contributed by atoms with Crippen LogP contribution in [0.4, 0.5) is 5.69 Å². The predicted octanol–water partition coefficient (Wildman–Crippen LogP) is 4.70. The van der Waals surface area contributed by atoms with Crippen LogP contribution in [-0.4, -0.2) is 33.5 Å². The molecule has 7 heteroatoms. The lowest BCUT2D eigenvalue weighted by atomic mass is 10.1. The summed E-state index contributed by atoms with van der Waals surface area (Å²) in [7, 11) is -3.95. The topological polar surface area (TPSA) is 75.7 Å². The van der Waals surface area contributed by atoms with Crippen molar-refractivity contribution >= 4 is 21.6 Å². The fourth-order valence-corrected chi connectivity index (χ4v) is 5.00. The van der Waals surface area contributed by atoms with E-state index in [0.717, 1.165) is 22.3 Å². The van der Waals surface area contributed by atoms with Gasteiger partial charge in [-0.15, -0.1) is 0 Å². The van der Waals surface area contributed by atoms with Gasteiger partial charge in [-0.25, -0.2) is 8.42 Å². The van der Waals surface area contributed by atoms with Crippen LogP contribution in [0.3, 0.4) is 0 Å². The first-order chi connectivity index (χ1) is 16.0. The van der Waals surface area contributed by atoms with Gasteiger partial charge in [0.2, 0.25) is 5.91 Å². The Kier molecular flexibility index (Phi) is 7.99. The van der Waals surface area contributed by atoms with Gasteiger partial charge in [-0.2, -0.15) is 0 Å². The molecule has 0 aromatic heterocycles. The zero-order valence-corrected chi connectivity index (χ0v) is 21.1. The Morgan fingerprint density at radius 2 is 1.38 bits per heavy atom. The first-order valence-corrected chi connectivity index (χ1v) is 12.6. The largest absolute Gasteiger partial charge is 0.491 e. The molecule has 0 saturated carbocycles. The van der Waals surface area contributed by atoms with Gasteiger partial charge in [0.05, 0.1) is 16.6 Å². The zero-order valence-electron chi connectivity index (χ0n) is 20.3. The molecular weight excluding hydrogens is 448 g/mol. The molecule has 0 heterocycles. The van der Waals surface area contributed by atoms with Crippen molar-refractivity contribution in [3.05, 3.63) is 89.0 Å². The number of ether oxygens (including phenoxy) is 1. The molecule has 0 bridgehead atoms. The van der Waals surface area contributed by atoms with Crippen LogP contribution in [0.25, 0.3) is 0 Å². The molecule has 6 nitrogen and oxygen atoms in total. The maximum atomic E-state index is 13.5. The summed E-state index contributed by atoms with van der Waals surface area (Å²) in [4.78, 5) is 13.1. The van der Waals surface area contributed by atoms with Gasteiger partial charge in [-0.05, 0) is 82.1 Å². The summed E-state index contributed by atoms with van der Waals surface area (Å²) in [6.07, 6.45) is 0. The second kappa shape index (κ2) is 10.7. The molecule has 3 aromatic rings. The average Bonchev–Trinajstić information content (AvgIpc) is 2.76. The number of carbonyl (C=O) groups is 1. The van der Waals surface area contributed by atoms with E-state index in [9.17, 15) is 13.2 Å². The van der Waals surface area contributed by atoms with E-state index in [-0.39, 0.29) is 24.1 Å². The van der Waals surface area contributed by atoms with E-state index in [1.165, 1.54) is 4.31 Å². The Balaban J connectivity index is 1.78. The number of hydrogen-bond donors (Lipinski definition) is 1. The lowest BCUT2D eigenvalue weighted by Gasteiger charge is -2.26. The summed E-state index contributed by atoms with van der Waals surface area (Å²) >= 11 is 0. The number of amides is 1. The highest BCUT2D eigenvalue weighted by Gasteiger charge is 2.28. The maximum absolute atomic E-state index is 13.5. The number of nitrogens with zero attached hydrogens (tertiary/aromatic N) is 1. The van der Waals surface area contributed by atoms with E-state index in [1.54, 1.807) is 36.4 Å². The Hall–Kier alpha value is -3.32. The summed E-state index contributed by atoms with van der Waals surface area (Å²) in [5.41, 5.74) is 4.38. The smallest absolute Gasteiger partial charge is 0.264 e. The monoisotopic (exact) mass is 480 g/mol. The average molecular weight is 481 g/mol. The van der Waals surface area contributed by atoms with Crippen molar-refractivity contribution in [1.82, 2.24) is 5.32 Å². The van der Waals surface area contributed by atoms with Crippen molar-refractivity contribution in [2.24, 2.45) is 0 Å². The van der Waals surface area contributed by atoms with Gasteiger partial charge in [-0.1, -0.05) is 41.5 Å². The Bertz CT molecular complexity index is 1220. The summed E-state index contributed by atoms with van der Waals surface area (Å²) in [5.74, 6) is 0.306. The second-order valence-corrected chi connectivity index (χ2v) is 10.6. The summed E-state index contributed by atoms with van der Waals surface area (Å²) in [6.45, 7) is 9.44. The van der Waals surface area contributed by atoms with Gasteiger partial charge in [-0.3, -0.25) is 9.10 Å². The van der Waals surface area contributed by atoms with Gasteiger partial charge >= 0.3 is 0 Å². The van der Waals surface area contributed by atoms with Crippen molar-refractivity contribution in [1.29, 1.82) is 0 Å². The van der Waals surface area contributed by atoms with Gasteiger partial charge in [0.15, 0.2) is 0 Å². The van der Waals surface area contributed by atoms with Crippen molar-refractivity contribution < 1.29 is 17.9 Å². The van der Waals surface area contributed by atoms with E-state index >= 15 is 0 Å². The summed E-state index contributed by atoms with van der Waals surface area (Å²) in [5, 5.41) is 2.85. The number of benzene rings is 3. The van der Waals surface area contributed by atoms with Crippen molar-refractivity contribution in [3.63, 3.8) is 0 Å². The molecule has 0 aliphatic heterocycles. The summed E-state index contributed by atoms with van der Waals surface area (Å²) < 4.78 is 34.0. The highest BCUT2D eigenvalue weighted by Crippen LogP contribution is 2.26. The molecule has 0 radical (unpaired) electrons. The third-order valence-electron chi connectivity index (χ3n) is 5.32. The minimum Gasteiger partial charge on any atom is -0.491 e. The number of carbonyl (C=O) groups excluding carboxylic acids is 1. The van der Waals surface area contributed by atoms with Gasteiger partial charge in [0.1, 0.15) is 18.9 Å². The van der Waals surface area contributed by atoms with E-state index in [2.05, 4.69) is 5.32 Å². The molecule has 0 aliphatic carbocycles. The molecular formula is C27H32N2O4S. The molecule has 1 unspecified atom stereocenters. The molecule has 1 N–H and O–H groups in total. The maximum Gasteiger partial charge on any atom is 0.264 e. The van der Waals surface area contributed by atoms with Gasteiger partial charge in [0, 0.05) is 0 Å². The minimum atomic E-state index is -3.95. The first-order valence-electron chi connectivity index (χ1n) is 11.2. The lowest BCUT2D eigenvalue weighted by Crippen LogP contribution is -2.45. The number of rotatable bonds is 9. The normalized spacial score (nSPS) is 12.1. The van der Waals surface area contributed by atoms with Crippen LogP contribution < -0.4 is 14.4 Å². The quantitative estimate of drug-likeness (QED) is 0.482. The lowest BCUT2D eigenvalue weighted by molar-refractivity contribution is -0.120. The van der Waals surface area contributed by atoms with Crippen LogP contribution in [0.2, 0.25) is 0 Å². The van der Waals surface area contributed by atoms with Crippen molar-refractivity contribution in [2.45, 2.75) is 45.6 Å². The summed E-state index contributed by atoms with van der Waals surface area (Å²) in [6, 6.07) is 19.5. The van der Waals surface area contributed by atoms with Gasteiger partial charge < -0.3 is 10.1 Å². The number of anilines is 1. The fourth-order valence-electron chi connectivity index (χ4n) is 3.60. The van der Waals surface area contributed by atoms with E-state index in [4.69, 9.17) is 4.74 Å². The Morgan fingerprint density at radius 1 is 0.853 bits per heavy atom. The van der Waals surface area contributed by atoms with Crippen molar-refractivity contribution in [2.75, 3.05) is 17.5 Å². The molecule has 180 valence electrons. The molecule has 1 amide bonds. The molecule has 0 saturated heterocycles. The third-order valence-corrected chi connectivity index (χ3v) is 7.11. The number of hydrogen-bond acceptors (Lipinski definition) is 4. The number of sulfonamides is 1. The fraction of sp³-hybridized carbons (Fsp3) is 0.296. The molecule has 0 fully saturated rings. The van der Waals surface area contributed by atoms with E-state index in [1.807, 2.05) is 65.0 Å². The van der Waals surface area contributed by atoms with Crippen molar-refractivity contribution in [3.8, 4) is 5.75 Å². The molecule has 3 rings (SSSR count). The van der Waals surface area contributed by atoms with E-state index in [0.29, 0.717) is 11.4 Å². The third kappa shape index (κ3) is 6.60. The number of nitrogens with one attached hydrogen (secondary N) is 1. The van der Waals surface area contributed by atoms with Crippen LogP contribution in [0, 0.1) is 27.7 Å². The van der Waals surface area contributed by atoms with Crippen LogP contribution >= 0.6 is 0 Å². The molecule has 34 heavy (non-hydrogen) atoms. The minimum absolute atomic E-state index is 0.140. The Labute approximate surface area is 202 Å². The van der Waals surface area contributed by atoms with Crippen LogP contribution in [0.15, 0.2) is 71.6 Å². The molecule has 3 aromatic carbocycles. The SMILES string of the molecule is Cc1ccc(OCC(C)NC(=O)CN(c2cc(C)cc(C)c2)S(=O)(=O)c2ccc(C)cc2)cc1. The predicted molar refractivity (Wildman–Crippen MR) is 136 cm³/mol. The molecule has 0 aliphatic rings. The highest BCUT2D eigenvalue weighted by molar-refractivity contribution is 7.92. The van der Waals surface area contributed by atoms with Gasteiger partial charge in [0.25, 0.3) is 10.0 Å². The molecule has 0 spiro atoms. The first kappa shape index (κ1) is 25.3.